The number of fused-ring (bicyclic) bond motifs is 1. The van der Waals surface area contributed by atoms with E-state index in [2.05, 4.69) is 10.2 Å². The molecule has 17 heavy (non-hydrogen) atoms. The lowest BCUT2D eigenvalue weighted by Gasteiger charge is -2.33. The van der Waals surface area contributed by atoms with Gasteiger partial charge in [-0.3, -0.25) is 4.79 Å². The zero-order valence-electron chi connectivity index (χ0n) is 10.8. The molecule has 3 fully saturated rings. The molecule has 0 aromatic carbocycles. The quantitative estimate of drug-likeness (QED) is 0.805. The molecule has 0 spiro atoms. The van der Waals surface area contributed by atoms with Crippen LogP contribution in [0.15, 0.2) is 0 Å². The Morgan fingerprint density at radius 1 is 1.24 bits per heavy atom. The Balaban J connectivity index is 1.55. The molecule has 2 aliphatic carbocycles. The number of nitrogens with zero attached hydrogens (tertiary/aromatic N) is 1. The van der Waals surface area contributed by atoms with Crippen molar-refractivity contribution in [1.29, 1.82) is 0 Å². The maximum absolute atomic E-state index is 12.4. The minimum absolute atomic E-state index is 0.428. The van der Waals surface area contributed by atoms with Crippen LogP contribution in [0, 0.1) is 23.7 Å². The van der Waals surface area contributed by atoms with Crippen LogP contribution >= 0.6 is 0 Å². The number of piperidine rings is 1. The molecule has 1 N–H and O–H groups in total. The second-order valence-electron chi connectivity index (χ2n) is 6.13. The van der Waals surface area contributed by atoms with Crippen LogP contribution in [0.3, 0.4) is 0 Å². The first-order valence-corrected chi connectivity index (χ1v) is 7.24. The van der Waals surface area contributed by atoms with Gasteiger partial charge < -0.3 is 10.2 Å². The van der Waals surface area contributed by atoms with Crippen molar-refractivity contribution in [2.75, 3.05) is 26.7 Å². The molecule has 3 unspecified atom stereocenters. The van der Waals surface area contributed by atoms with Crippen molar-refractivity contribution in [2.45, 2.75) is 32.1 Å². The van der Waals surface area contributed by atoms with Crippen molar-refractivity contribution in [3.05, 3.63) is 0 Å². The molecule has 3 aliphatic rings. The van der Waals surface area contributed by atoms with Crippen molar-refractivity contribution in [3.8, 4) is 0 Å². The fourth-order valence-electron chi connectivity index (χ4n) is 4.12. The van der Waals surface area contributed by atoms with E-state index in [1.54, 1.807) is 0 Å². The number of carbonyl (C=O) groups is 1. The van der Waals surface area contributed by atoms with Gasteiger partial charge >= 0.3 is 0 Å². The summed E-state index contributed by atoms with van der Waals surface area (Å²) >= 11 is 0. The molecule has 3 atom stereocenters. The molecule has 1 amide bonds. The molecule has 0 aromatic rings. The van der Waals surface area contributed by atoms with E-state index in [9.17, 15) is 4.79 Å². The van der Waals surface area contributed by atoms with E-state index in [0.717, 1.165) is 31.5 Å². The van der Waals surface area contributed by atoms with Crippen molar-refractivity contribution >= 4 is 5.91 Å². The van der Waals surface area contributed by atoms with Gasteiger partial charge in [0.05, 0.1) is 0 Å². The number of amides is 1. The average molecular weight is 236 g/mol. The fraction of sp³-hybridized carbons (Fsp3) is 0.929. The number of carbonyl (C=O) groups excluding carboxylic acids is 1. The smallest absolute Gasteiger partial charge is 0.226 e. The number of nitrogens with one attached hydrogen (secondary N) is 1. The Hall–Kier alpha value is -0.570. The summed E-state index contributed by atoms with van der Waals surface area (Å²) in [5, 5.41) is 3.24. The predicted octanol–water partition coefficient (Wildman–Crippen LogP) is 1.49. The number of rotatable bonds is 3. The van der Waals surface area contributed by atoms with E-state index in [1.807, 2.05) is 7.05 Å². The van der Waals surface area contributed by atoms with Gasteiger partial charge in [0.15, 0.2) is 0 Å². The summed E-state index contributed by atoms with van der Waals surface area (Å²) in [6.45, 7) is 3.06. The van der Waals surface area contributed by atoms with E-state index in [1.165, 1.54) is 32.1 Å². The van der Waals surface area contributed by atoms with Gasteiger partial charge in [-0.25, -0.2) is 0 Å². The molecule has 96 valence electrons. The van der Waals surface area contributed by atoms with Gasteiger partial charge in [-0.2, -0.15) is 0 Å². The number of hydrogen-bond acceptors (Lipinski definition) is 2. The fourth-order valence-corrected chi connectivity index (χ4v) is 4.12. The van der Waals surface area contributed by atoms with Crippen molar-refractivity contribution in [3.63, 3.8) is 0 Å². The Kier molecular flexibility index (Phi) is 3.12. The van der Waals surface area contributed by atoms with Crippen LogP contribution < -0.4 is 5.32 Å². The summed E-state index contributed by atoms with van der Waals surface area (Å²) in [5.74, 6) is 3.13. The minimum atomic E-state index is 0.428. The van der Waals surface area contributed by atoms with Crippen LogP contribution in [0.5, 0.6) is 0 Å². The first-order chi connectivity index (χ1) is 8.31. The van der Waals surface area contributed by atoms with E-state index < -0.39 is 0 Å². The molecule has 0 bridgehead atoms. The maximum atomic E-state index is 12.4. The average Bonchev–Trinajstić information content (AvgIpc) is 2.82. The van der Waals surface area contributed by atoms with Gasteiger partial charge in [0.25, 0.3) is 0 Å². The SMILES string of the molecule is CNCC1CCCN(C(=O)C2C3CCCC32)C1. The van der Waals surface area contributed by atoms with Crippen molar-refractivity contribution < 1.29 is 4.79 Å². The van der Waals surface area contributed by atoms with Crippen LogP contribution in [0.2, 0.25) is 0 Å². The van der Waals surface area contributed by atoms with E-state index in [0.29, 0.717) is 17.7 Å². The Bertz CT molecular complexity index is 293. The number of hydrogen-bond donors (Lipinski definition) is 1. The highest BCUT2D eigenvalue weighted by atomic mass is 16.2. The van der Waals surface area contributed by atoms with Crippen LogP contribution in [0.25, 0.3) is 0 Å². The molecular weight excluding hydrogens is 212 g/mol. The summed E-state index contributed by atoms with van der Waals surface area (Å²) in [6.07, 6.45) is 6.47. The van der Waals surface area contributed by atoms with Gasteiger partial charge in [-0.15, -0.1) is 0 Å². The van der Waals surface area contributed by atoms with Gasteiger partial charge in [0.2, 0.25) is 5.91 Å². The third-order valence-electron chi connectivity index (χ3n) is 5.02. The molecule has 3 rings (SSSR count). The molecule has 1 saturated heterocycles. The lowest BCUT2D eigenvalue weighted by Crippen LogP contribution is -2.43. The van der Waals surface area contributed by atoms with E-state index in [4.69, 9.17) is 0 Å². The second-order valence-corrected chi connectivity index (χ2v) is 6.13. The molecule has 0 aromatic heterocycles. The van der Waals surface area contributed by atoms with Crippen LogP contribution in [-0.4, -0.2) is 37.5 Å². The highest BCUT2D eigenvalue weighted by Gasteiger charge is 2.57. The zero-order chi connectivity index (χ0) is 11.8. The lowest BCUT2D eigenvalue weighted by atomic mass is 9.97. The second kappa shape index (κ2) is 4.60. The molecule has 1 heterocycles. The highest BCUT2D eigenvalue weighted by molar-refractivity contribution is 5.82. The molecule has 2 saturated carbocycles. The Morgan fingerprint density at radius 3 is 2.71 bits per heavy atom. The third kappa shape index (κ3) is 2.10. The molecule has 3 heteroatoms. The summed E-state index contributed by atoms with van der Waals surface area (Å²) in [7, 11) is 2.01. The van der Waals surface area contributed by atoms with Gasteiger partial charge in [0.1, 0.15) is 0 Å². The third-order valence-corrected chi connectivity index (χ3v) is 5.02. The normalized spacial score (nSPS) is 40.2. The summed E-state index contributed by atoms with van der Waals surface area (Å²) in [5.41, 5.74) is 0. The van der Waals surface area contributed by atoms with Crippen molar-refractivity contribution in [1.82, 2.24) is 10.2 Å². The van der Waals surface area contributed by atoms with Crippen LogP contribution in [0.1, 0.15) is 32.1 Å². The van der Waals surface area contributed by atoms with E-state index >= 15 is 0 Å². The molecule has 3 nitrogen and oxygen atoms in total. The molecule has 0 radical (unpaired) electrons. The van der Waals surface area contributed by atoms with Crippen molar-refractivity contribution in [2.24, 2.45) is 23.7 Å². The molecular formula is C14H24N2O. The molecule has 1 aliphatic heterocycles. The Morgan fingerprint density at radius 2 is 2.00 bits per heavy atom. The summed E-state index contributed by atoms with van der Waals surface area (Å²) in [6, 6.07) is 0. The number of likely N-dealkylation sites (tertiary alicyclic amines) is 1. The summed E-state index contributed by atoms with van der Waals surface area (Å²) in [4.78, 5) is 14.6. The largest absolute Gasteiger partial charge is 0.342 e. The van der Waals surface area contributed by atoms with Gasteiger partial charge in [-0.05, 0) is 57.0 Å². The van der Waals surface area contributed by atoms with Gasteiger partial charge in [-0.1, -0.05) is 6.42 Å². The predicted molar refractivity (Wildman–Crippen MR) is 67.6 cm³/mol. The maximum Gasteiger partial charge on any atom is 0.226 e. The van der Waals surface area contributed by atoms with E-state index in [-0.39, 0.29) is 0 Å². The minimum Gasteiger partial charge on any atom is -0.342 e. The topological polar surface area (TPSA) is 32.3 Å². The first kappa shape index (κ1) is 11.5. The standard InChI is InChI=1S/C14H24N2O/c1-15-8-10-4-3-7-16(9-10)14(17)13-11-5-2-6-12(11)13/h10-13,15H,2-9H2,1H3. The van der Waals surface area contributed by atoms with Crippen LogP contribution in [-0.2, 0) is 4.79 Å². The first-order valence-electron chi connectivity index (χ1n) is 7.24. The lowest BCUT2D eigenvalue weighted by molar-refractivity contribution is -0.135. The summed E-state index contributed by atoms with van der Waals surface area (Å²) < 4.78 is 0. The Labute approximate surface area is 104 Å². The highest BCUT2D eigenvalue weighted by Crippen LogP contribution is 2.58. The van der Waals surface area contributed by atoms with Gasteiger partial charge in [0, 0.05) is 19.0 Å². The zero-order valence-corrected chi connectivity index (χ0v) is 10.8. The van der Waals surface area contributed by atoms with Crippen LogP contribution in [0.4, 0.5) is 0 Å². The monoisotopic (exact) mass is 236 g/mol.